The molecule has 5 nitrogen and oxygen atoms in total. The molecule has 1 aromatic heterocycles. The lowest BCUT2D eigenvalue weighted by Gasteiger charge is -2.17. The molecule has 0 fully saturated rings. The Morgan fingerprint density at radius 1 is 1.65 bits per heavy atom. The summed E-state index contributed by atoms with van der Waals surface area (Å²) in [5, 5.41) is 9.92. The van der Waals surface area contributed by atoms with E-state index in [0.29, 0.717) is 10.2 Å². The van der Waals surface area contributed by atoms with Crippen molar-refractivity contribution in [3.05, 3.63) is 26.9 Å². The molecule has 17 heavy (non-hydrogen) atoms. The zero-order valence-electron chi connectivity index (χ0n) is 9.06. The molecule has 2 unspecified atom stereocenters. The number of aliphatic hydroxyl groups excluding tert-OH is 1. The van der Waals surface area contributed by atoms with E-state index in [4.69, 9.17) is 10.5 Å². The van der Waals surface area contributed by atoms with E-state index in [2.05, 4.69) is 36.8 Å². The molecular formula is C10H12Br2N2O3. The smallest absolute Gasteiger partial charge is 0.326 e. The fraction of sp³-hybridized carbons (Fsp3) is 0.400. The number of nitrogens with zero attached hydrogens (tertiary/aromatic N) is 1. The predicted octanol–water partition coefficient (Wildman–Crippen LogP) is 1.53. The Morgan fingerprint density at radius 2 is 2.29 bits per heavy atom. The van der Waals surface area contributed by atoms with Gasteiger partial charge in [-0.05, 0) is 44.8 Å². The van der Waals surface area contributed by atoms with Crippen LogP contribution >= 0.6 is 31.9 Å². The van der Waals surface area contributed by atoms with Crippen LogP contribution in [0.5, 0.6) is 0 Å². The molecule has 0 spiro atoms. The van der Waals surface area contributed by atoms with Crippen LogP contribution in [0.4, 0.5) is 0 Å². The number of aliphatic hydroxyl groups is 1. The summed E-state index contributed by atoms with van der Waals surface area (Å²) in [6.07, 6.45) is 0.304. The van der Waals surface area contributed by atoms with Crippen molar-refractivity contribution in [3.63, 3.8) is 0 Å². The summed E-state index contributed by atoms with van der Waals surface area (Å²) in [6, 6.07) is 0.559. The average Bonchev–Trinajstić information content (AvgIpc) is 2.27. The molecule has 0 amide bonds. The second kappa shape index (κ2) is 6.44. The summed E-state index contributed by atoms with van der Waals surface area (Å²) in [5.41, 5.74) is 5.89. The fourth-order valence-corrected chi connectivity index (χ4v) is 2.40. The van der Waals surface area contributed by atoms with Crippen molar-refractivity contribution in [3.8, 4) is 0 Å². The number of pyridine rings is 1. The van der Waals surface area contributed by atoms with E-state index in [1.807, 2.05) is 0 Å². The van der Waals surface area contributed by atoms with Crippen LogP contribution in [-0.2, 0) is 9.53 Å². The van der Waals surface area contributed by atoms with Crippen LogP contribution in [0.3, 0.4) is 0 Å². The lowest BCUT2D eigenvalue weighted by atomic mass is 10.1. The molecule has 1 aromatic rings. The number of carbonyl (C=O) groups is 1. The molecule has 0 aliphatic heterocycles. The first-order chi connectivity index (χ1) is 7.97. The molecule has 0 bridgehead atoms. The number of nitrogens with two attached hydrogens (primary N) is 1. The Morgan fingerprint density at radius 3 is 2.82 bits per heavy atom. The highest BCUT2D eigenvalue weighted by atomic mass is 79.9. The van der Waals surface area contributed by atoms with Gasteiger partial charge in [0.05, 0.1) is 12.3 Å². The van der Waals surface area contributed by atoms with Crippen LogP contribution < -0.4 is 5.73 Å². The summed E-state index contributed by atoms with van der Waals surface area (Å²) < 4.78 is 6.06. The molecule has 1 rings (SSSR count). The SMILES string of the molecule is CCOC(=O)C(N)C(O)c1ncc(Br)cc1Br. The van der Waals surface area contributed by atoms with Crippen molar-refractivity contribution in [1.82, 2.24) is 4.98 Å². The average molecular weight is 368 g/mol. The van der Waals surface area contributed by atoms with E-state index in [-0.39, 0.29) is 6.61 Å². The molecule has 0 aromatic carbocycles. The van der Waals surface area contributed by atoms with Crippen molar-refractivity contribution in [1.29, 1.82) is 0 Å². The molecule has 3 N–H and O–H groups in total. The van der Waals surface area contributed by atoms with Crippen LogP contribution in [0.25, 0.3) is 0 Å². The van der Waals surface area contributed by atoms with Gasteiger partial charge in [-0.2, -0.15) is 0 Å². The Balaban J connectivity index is 2.88. The first-order valence-corrected chi connectivity index (χ1v) is 6.47. The topological polar surface area (TPSA) is 85.4 Å². The monoisotopic (exact) mass is 366 g/mol. The summed E-state index contributed by atoms with van der Waals surface area (Å²) in [6.45, 7) is 1.89. The number of halogens is 2. The Hall–Kier alpha value is -0.500. The number of rotatable bonds is 4. The van der Waals surface area contributed by atoms with Gasteiger partial charge in [-0.3, -0.25) is 9.78 Å². The molecule has 0 aliphatic carbocycles. The number of hydrogen-bond donors (Lipinski definition) is 2. The standard InChI is InChI=1S/C10H12Br2N2O3/c1-2-17-10(16)7(13)9(15)8-6(12)3-5(11)4-14-8/h3-4,7,9,15H,2,13H2,1H3. The second-order valence-corrected chi connectivity index (χ2v) is 5.01. The zero-order chi connectivity index (χ0) is 13.0. The lowest BCUT2D eigenvalue weighted by molar-refractivity contribution is -0.147. The highest BCUT2D eigenvalue weighted by Gasteiger charge is 2.27. The number of hydrogen-bond acceptors (Lipinski definition) is 5. The van der Waals surface area contributed by atoms with Crippen molar-refractivity contribution < 1.29 is 14.6 Å². The molecule has 1 heterocycles. The summed E-state index contributed by atoms with van der Waals surface area (Å²) in [5.74, 6) is -0.656. The Bertz CT molecular complexity index is 415. The number of ether oxygens (including phenoxy) is 1. The summed E-state index contributed by atoms with van der Waals surface area (Å²) in [7, 11) is 0. The van der Waals surface area contributed by atoms with E-state index in [9.17, 15) is 9.90 Å². The fourth-order valence-electron chi connectivity index (χ4n) is 1.18. The molecule has 2 atom stereocenters. The van der Waals surface area contributed by atoms with Crippen LogP contribution in [0.1, 0.15) is 18.7 Å². The van der Waals surface area contributed by atoms with Gasteiger partial charge >= 0.3 is 5.97 Å². The summed E-state index contributed by atoms with van der Waals surface area (Å²) >= 11 is 6.48. The third-order valence-corrected chi connectivity index (χ3v) is 3.08. The van der Waals surface area contributed by atoms with Gasteiger partial charge in [0.1, 0.15) is 12.1 Å². The van der Waals surface area contributed by atoms with Crippen LogP contribution in [0.15, 0.2) is 21.2 Å². The van der Waals surface area contributed by atoms with Crippen LogP contribution in [0, 0.1) is 0 Å². The van der Waals surface area contributed by atoms with Gasteiger partial charge in [-0.25, -0.2) is 0 Å². The minimum Gasteiger partial charge on any atom is -0.465 e. The van der Waals surface area contributed by atoms with Crippen molar-refractivity contribution in [2.45, 2.75) is 19.1 Å². The maximum Gasteiger partial charge on any atom is 0.326 e. The molecule has 0 saturated carbocycles. The maximum absolute atomic E-state index is 11.4. The highest BCUT2D eigenvalue weighted by molar-refractivity contribution is 9.11. The van der Waals surface area contributed by atoms with Gasteiger partial charge in [0.15, 0.2) is 0 Å². The molecule has 94 valence electrons. The van der Waals surface area contributed by atoms with E-state index < -0.39 is 18.1 Å². The number of esters is 1. The van der Waals surface area contributed by atoms with Gasteiger partial charge in [0.2, 0.25) is 0 Å². The molecule has 7 heteroatoms. The maximum atomic E-state index is 11.4. The second-order valence-electron chi connectivity index (χ2n) is 3.24. The molecular weight excluding hydrogens is 356 g/mol. The first kappa shape index (κ1) is 14.6. The van der Waals surface area contributed by atoms with Gasteiger partial charge in [-0.15, -0.1) is 0 Å². The van der Waals surface area contributed by atoms with Gasteiger partial charge in [-0.1, -0.05) is 0 Å². The van der Waals surface area contributed by atoms with Gasteiger partial charge < -0.3 is 15.6 Å². The third-order valence-electron chi connectivity index (χ3n) is 2.02. The minimum absolute atomic E-state index is 0.216. The largest absolute Gasteiger partial charge is 0.465 e. The molecule has 0 saturated heterocycles. The Kier molecular flexibility index (Phi) is 5.51. The van der Waals surface area contributed by atoms with Crippen molar-refractivity contribution >= 4 is 37.8 Å². The highest BCUT2D eigenvalue weighted by Crippen LogP contribution is 2.26. The Labute approximate surface area is 116 Å². The summed E-state index contributed by atoms with van der Waals surface area (Å²) in [4.78, 5) is 15.4. The molecule has 0 aliphatic rings. The van der Waals surface area contributed by atoms with E-state index >= 15 is 0 Å². The minimum atomic E-state index is -1.21. The first-order valence-electron chi connectivity index (χ1n) is 4.88. The van der Waals surface area contributed by atoms with Gasteiger partial charge in [0, 0.05) is 15.1 Å². The van der Waals surface area contributed by atoms with Crippen molar-refractivity contribution in [2.24, 2.45) is 5.73 Å². The number of carbonyl (C=O) groups excluding carboxylic acids is 1. The van der Waals surface area contributed by atoms with E-state index in [0.717, 1.165) is 4.47 Å². The quantitative estimate of drug-likeness (QED) is 0.788. The normalized spacial score (nSPS) is 14.2. The third kappa shape index (κ3) is 3.74. The lowest BCUT2D eigenvalue weighted by Crippen LogP contribution is -2.38. The predicted molar refractivity (Wildman–Crippen MR) is 69.2 cm³/mol. The van der Waals surface area contributed by atoms with E-state index in [1.165, 1.54) is 6.20 Å². The number of aromatic nitrogens is 1. The van der Waals surface area contributed by atoms with Gasteiger partial charge in [0.25, 0.3) is 0 Å². The van der Waals surface area contributed by atoms with Crippen LogP contribution in [-0.4, -0.2) is 28.7 Å². The van der Waals surface area contributed by atoms with Crippen molar-refractivity contribution in [2.75, 3.05) is 6.61 Å². The van der Waals surface area contributed by atoms with E-state index in [1.54, 1.807) is 13.0 Å². The van der Waals surface area contributed by atoms with Crippen LogP contribution in [0.2, 0.25) is 0 Å². The molecule has 0 radical (unpaired) electrons. The zero-order valence-corrected chi connectivity index (χ0v) is 12.2.